The number of hydrogen-bond donors (Lipinski definition) is 1. The number of rotatable bonds is 5. The molecular weight excluding hydrogens is 154 g/mol. The second-order valence-electron chi connectivity index (χ2n) is 2.77. The van der Waals surface area contributed by atoms with Crippen molar-refractivity contribution in [2.75, 3.05) is 6.61 Å². The zero-order chi connectivity index (χ0) is 9.56. The molecule has 0 aliphatic heterocycles. The Morgan fingerprint density at radius 3 is 2.67 bits per heavy atom. The van der Waals surface area contributed by atoms with E-state index < -0.39 is 0 Å². The third kappa shape index (κ3) is 4.91. The number of hydrogen-bond acceptors (Lipinski definition) is 2. The first-order valence-electron chi connectivity index (χ1n) is 4.16. The van der Waals surface area contributed by atoms with Gasteiger partial charge in [-0.2, -0.15) is 0 Å². The largest absolute Gasteiger partial charge is 0.359 e. The first-order chi connectivity index (χ1) is 5.57. The molecule has 0 aromatic rings. The van der Waals surface area contributed by atoms with E-state index in [1.807, 2.05) is 6.92 Å². The molecule has 0 fully saturated rings. The molecule has 0 aromatic carbocycles. The Kier molecular flexibility index (Phi) is 5.37. The Balaban J connectivity index is 3.61. The number of nitrogens with one attached hydrogen (secondary N) is 1. The average molecular weight is 171 g/mol. The summed E-state index contributed by atoms with van der Waals surface area (Å²) in [6.45, 7) is 9.68. The minimum absolute atomic E-state index is 0.154. The normalized spacial score (nSPS) is 12.2. The van der Waals surface area contributed by atoms with Gasteiger partial charge in [0.05, 0.1) is 0 Å². The summed E-state index contributed by atoms with van der Waals surface area (Å²) < 4.78 is 5.24. The maximum absolute atomic E-state index is 11.0. The molecule has 12 heavy (non-hydrogen) atoms. The van der Waals surface area contributed by atoms with Crippen molar-refractivity contribution in [1.82, 2.24) is 5.32 Å². The van der Waals surface area contributed by atoms with E-state index in [1.165, 1.54) is 0 Å². The molecule has 1 atom stereocenters. The van der Waals surface area contributed by atoms with Crippen LogP contribution >= 0.6 is 0 Å². The summed E-state index contributed by atoms with van der Waals surface area (Å²) in [6, 6.07) is 0. The third-order valence-corrected chi connectivity index (χ3v) is 1.29. The van der Waals surface area contributed by atoms with Crippen molar-refractivity contribution in [2.24, 2.45) is 0 Å². The molecule has 1 unspecified atom stereocenters. The van der Waals surface area contributed by atoms with Crippen molar-refractivity contribution < 1.29 is 9.53 Å². The lowest BCUT2D eigenvalue weighted by atomic mass is 10.3. The molecule has 3 heteroatoms. The molecule has 0 bridgehead atoms. The maximum Gasteiger partial charge on any atom is 0.248 e. The predicted octanol–water partition coefficient (Wildman–Crippen LogP) is 1.45. The minimum Gasteiger partial charge on any atom is -0.359 e. The Labute approximate surface area is 73.8 Å². The van der Waals surface area contributed by atoms with E-state index in [-0.39, 0.29) is 12.1 Å². The molecule has 0 aromatic heterocycles. The highest BCUT2D eigenvalue weighted by Crippen LogP contribution is 1.92. The zero-order valence-corrected chi connectivity index (χ0v) is 8.02. The van der Waals surface area contributed by atoms with Crippen LogP contribution in [-0.4, -0.2) is 18.7 Å². The maximum atomic E-state index is 11.0. The predicted molar refractivity (Wildman–Crippen MR) is 48.7 cm³/mol. The van der Waals surface area contributed by atoms with Gasteiger partial charge in [0.2, 0.25) is 5.91 Å². The van der Waals surface area contributed by atoms with Crippen LogP contribution in [0.25, 0.3) is 0 Å². The Morgan fingerprint density at radius 2 is 2.25 bits per heavy atom. The van der Waals surface area contributed by atoms with Crippen molar-refractivity contribution in [2.45, 2.75) is 33.4 Å². The van der Waals surface area contributed by atoms with Crippen molar-refractivity contribution in [3.63, 3.8) is 0 Å². The van der Waals surface area contributed by atoms with Crippen LogP contribution < -0.4 is 5.32 Å². The number of amides is 1. The van der Waals surface area contributed by atoms with Crippen molar-refractivity contribution in [1.29, 1.82) is 0 Å². The van der Waals surface area contributed by atoms with Crippen molar-refractivity contribution >= 4 is 5.91 Å². The molecule has 0 rings (SSSR count). The van der Waals surface area contributed by atoms with Crippen LogP contribution in [0.2, 0.25) is 0 Å². The number of carbonyl (C=O) groups is 1. The molecule has 1 N–H and O–H groups in total. The Hall–Kier alpha value is -0.830. The first-order valence-corrected chi connectivity index (χ1v) is 4.16. The summed E-state index contributed by atoms with van der Waals surface area (Å²) >= 11 is 0. The van der Waals surface area contributed by atoms with Crippen LogP contribution in [0.1, 0.15) is 27.2 Å². The van der Waals surface area contributed by atoms with E-state index in [9.17, 15) is 4.79 Å². The Morgan fingerprint density at radius 1 is 1.67 bits per heavy atom. The fourth-order valence-electron chi connectivity index (χ4n) is 0.644. The molecule has 0 saturated heterocycles. The van der Waals surface area contributed by atoms with Gasteiger partial charge in [-0.25, -0.2) is 0 Å². The van der Waals surface area contributed by atoms with E-state index in [4.69, 9.17) is 4.74 Å². The summed E-state index contributed by atoms with van der Waals surface area (Å²) in [4.78, 5) is 11.0. The number of ether oxygens (including phenoxy) is 1. The van der Waals surface area contributed by atoms with Gasteiger partial charge < -0.3 is 10.1 Å². The number of carbonyl (C=O) groups excluding carboxylic acids is 1. The summed E-state index contributed by atoms with van der Waals surface area (Å²) in [7, 11) is 0. The SMILES string of the molecule is C=C(C)C(=O)NC(C)OCCC. The third-order valence-electron chi connectivity index (χ3n) is 1.29. The van der Waals surface area contributed by atoms with Gasteiger partial charge in [-0.1, -0.05) is 13.5 Å². The molecule has 0 saturated carbocycles. The van der Waals surface area contributed by atoms with Gasteiger partial charge in [0.15, 0.2) is 0 Å². The lowest BCUT2D eigenvalue weighted by Gasteiger charge is -2.13. The van der Waals surface area contributed by atoms with Gasteiger partial charge in [0.25, 0.3) is 0 Å². The van der Waals surface area contributed by atoms with Gasteiger partial charge in [-0.15, -0.1) is 0 Å². The summed E-state index contributed by atoms with van der Waals surface area (Å²) in [6.07, 6.45) is 0.724. The van der Waals surface area contributed by atoms with Crippen LogP contribution in [-0.2, 0) is 9.53 Å². The highest BCUT2D eigenvalue weighted by atomic mass is 16.5. The minimum atomic E-state index is -0.228. The van der Waals surface area contributed by atoms with E-state index in [0.29, 0.717) is 12.2 Å². The van der Waals surface area contributed by atoms with E-state index in [2.05, 4.69) is 11.9 Å². The second kappa shape index (κ2) is 5.77. The van der Waals surface area contributed by atoms with Crippen LogP contribution in [0.4, 0.5) is 0 Å². The smallest absolute Gasteiger partial charge is 0.248 e. The summed E-state index contributed by atoms with van der Waals surface area (Å²) in [5, 5.41) is 2.65. The molecular formula is C9H17NO2. The van der Waals surface area contributed by atoms with E-state index in [1.54, 1.807) is 13.8 Å². The van der Waals surface area contributed by atoms with E-state index >= 15 is 0 Å². The molecule has 0 heterocycles. The van der Waals surface area contributed by atoms with Gasteiger partial charge in [-0.3, -0.25) is 4.79 Å². The summed E-state index contributed by atoms with van der Waals surface area (Å²) in [5.41, 5.74) is 0.502. The van der Waals surface area contributed by atoms with Crippen LogP contribution in [0.3, 0.4) is 0 Å². The molecule has 0 aliphatic rings. The molecule has 70 valence electrons. The second-order valence-corrected chi connectivity index (χ2v) is 2.77. The fourth-order valence-corrected chi connectivity index (χ4v) is 0.644. The van der Waals surface area contributed by atoms with Gasteiger partial charge in [0, 0.05) is 12.2 Å². The Bertz CT molecular complexity index is 166. The highest BCUT2D eigenvalue weighted by molar-refractivity contribution is 5.92. The molecule has 0 aliphatic carbocycles. The summed E-state index contributed by atoms with van der Waals surface area (Å²) in [5.74, 6) is -0.154. The van der Waals surface area contributed by atoms with Crippen LogP contribution in [0, 0.1) is 0 Å². The van der Waals surface area contributed by atoms with Crippen molar-refractivity contribution in [3.8, 4) is 0 Å². The van der Waals surface area contributed by atoms with Gasteiger partial charge >= 0.3 is 0 Å². The van der Waals surface area contributed by atoms with Gasteiger partial charge in [0.1, 0.15) is 6.23 Å². The first kappa shape index (κ1) is 11.2. The zero-order valence-electron chi connectivity index (χ0n) is 8.02. The molecule has 1 amide bonds. The van der Waals surface area contributed by atoms with E-state index in [0.717, 1.165) is 6.42 Å². The van der Waals surface area contributed by atoms with Crippen molar-refractivity contribution in [3.05, 3.63) is 12.2 Å². The van der Waals surface area contributed by atoms with Crippen LogP contribution in [0.5, 0.6) is 0 Å². The molecule has 0 spiro atoms. The van der Waals surface area contributed by atoms with Crippen LogP contribution in [0.15, 0.2) is 12.2 Å². The lowest BCUT2D eigenvalue weighted by Crippen LogP contribution is -2.34. The lowest BCUT2D eigenvalue weighted by molar-refractivity contribution is -0.121. The quantitative estimate of drug-likeness (QED) is 0.502. The standard InChI is InChI=1S/C9H17NO2/c1-5-6-12-8(4)10-9(11)7(2)3/h8H,2,5-6H2,1,3-4H3,(H,10,11). The topological polar surface area (TPSA) is 38.3 Å². The molecule has 3 nitrogen and oxygen atoms in total. The monoisotopic (exact) mass is 171 g/mol. The fraction of sp³-hybridized carbons (Fsp3) is 0.667. The highest BCUT2D eigenvalue weighted by Gasteiger charge is 2.06. The molecule has 0 radical (unpaired) electrons. The van der Waals surface area contributed by atoms with Gasteiger partial charge in [-0.05, 0) is 20.3 Å². The average Bonchev–Trinajstić information content (AvgIpc) is 2.00.